The Kier molecular flexibility index (Phi) is 5.34. The molecule has 0 bridgehead atoms. The maximum Gasteiger partial charge on any atom is 0.0926 e. The lowest BCUT2D eigenvalue weighted by Gasteiger charge is -2.18. The number of hydrogen-bond acceptors (Lipinski definition) is 4. The first-order chi connectivity index (χ1) is 10.7. The summed E-state index contributed by atoms with van der Waals surface area (Å²) in [5, 5.41) is 7.76. The van der Waals surface area contributed by atoms with Gasteiger partial charge in [-0.15, -0.1) is 11.3 Å². The predicted molar refractivity (Wildman–Crippen MR) is 95.0 cm³/mol. The van der Waals surface area contributed by atoms with Crippen LogP contribution in [0.2, 0.25) is 5.02 Å². The average Bonchev–Trinajstić information content (AvgIpc) is 3.17. The van der Waals surface area contributed by atoms with Crippen molar-refractivity contribution in [3.8, 4) is 0 Å². The van der Waals surface area contributed by atoms with E-state index in [1.165, 1.54) is 22.8 Å². The number of halogens is 1. The van der Waals surface area contributed by atoms with Crippen molar-refractivity contribution in [2.24, 2.45) is 5.92 Å². The molecule has 3 rings (SSSR count). The summed E-state index contributed by atoms with van der Waals surface area (Å²) in [5.41, 5.74) is 2.45. The topological polar surface area (TPSA) is 28.2 Å². The van der Waals surface area contributed by atoms with Gasteiger partial charge >= 0.3 is 0 Å². The number of aryl methyl sites for hydroxylation is 1. The SMILES string of the molecule is CCc1nc(CNCC2CCN(c3ccc(Cl)cc3)C2)cs1. The van der Waals surface area contributed by atoms with Crippen LogP contribution >= 0.6 is 22.9 Å². The molecule has 5 heteroatoms. The molecule has 1 aromatic heterocycles. The minimum atomic E-state index is 0.708. The highest BCUT2D eigenvalue weighted by molar-refractivity contribution is 7.09. The van der Waals surface area contributed by atoms with Crippen LogP contribution in [0.25, 0.3) is 0 Å². The van der Waals surface area contributed by atoms with Crippen molar-refractivity contribution >= 4 is 28.6 Å². The lowest BCUT2D eigenvalue weighted by atomic mass is 10.1. The van der Waals surface area contributed by atoms with Gasteiger partial charge in [-0.1, -0.05) is 18.5 Å². The predicted octanol–water partition coefficient (Wildman–Crippen LogP) is 3.98. The van der Waals surface area contributed by atoms with E-state index in [2.05, 4.69) is 39.6 Å². The molecule has 1 unspecified atom stereocenters. The van der Waals surface area contributed by atoms with Crippen LogP contribution in [0.15, 0.2) is 29.6 Å². The normalized spacial score (nSPS) is 18.1. The maximum absolute atomic E-state index is 5.95. The van der Waals surface area contributed by atoms with E-state index in [4.69, 9.17) is 11.6 Å². The number of nitrogens with one attached hydrogen (secondary N) is 1. The van der Waals surface area contributed by atoms with E-state index < -0.39 is 0 Å². The zero-order chi connectivity index (χ0) is 15.4. The van der Waals surface area contributed by atoms with E-state index in [1.807, 2.05) is 12.1 Å². The van der Waals surface area contributed by atoms with Gasteiger partial charge in [0.15, 0.2) is 0 Å². The van der Waals surface area contributed by atoms with Crippen LogP contribution < -0.4 is 10.2 Å². The Morgan fingerprint density at radius 3 is 2.91 bits per heavy atom. The Bertz CT molecular complexity index is 596. The van der Waals surface area contributed by atoms with Crippen molar-refractivity contribution < 1.29 is 0 Å². The third-order valence-corrected chi connectivity index (χ3v) is 5.41. The Hall–Kier alpha value is -1.10. The standard InChI is InChI=1S/C17H22ClN3S/c1-2-17-20-15(12-22-17)10-19-9-13-7-8-21(11-13)16-5-3-14(18)4-6-16/h3-6,12-13,19H,2,7-11H2,1H3. The summed E-state index contributed by atoms with van der Waals surface area (Å²) in [4.78, 5) is 7.04. The second kappa shape index (κ2) is 7.44. The number of rotatable bonds is 6. The van der Waals surface area contributed by atoms with Crippen LogP contribution in [0, 0.1) is 5.92 Å². The highest BCUT2D eigenvalue weighted by Crippen LogP contribution is 2.24. The fraction of sp³-hybridized carbons (Fsp3) is 0.471. The van der Waals surface area contributed by atoms with Crippen molar-refractivity contribution in [1.29, 1.82) is 0 Å². The van der Waals surface area contributed by atoms with Crippen LogP contribution in [0.4, 0.5) is 5.69 Å². The molecule has 118 valence electrons. The summed E-state index contributed by atoms with van der Waals surface area (Å²) in [6.07, 6.45) is 2.27. The van der Waals surface area contributed by atoms with Crippen molar-refractivity contribution in [3.05, 3.63) is 45.4 Å². The molecule has 3 nitrogen and oxygen atoms in total. The molecule has 0 aliphatic carbocycles. The van der Waals surface area contributed by atoms with Gasteiger partial charge in [-0.3, -0.25) is 0 Å². The first-order valence-corrected chi connectivity index (χ1v) is 9.15. The largest absolute Gasteiger partial charge is 0.371 e. The van der Waals surface area contributed by atoms with Gasteiger partial charge in [0.25, 0.3) is 0 Å². The number of anilines is 1. The number of thiazole rings is 1. The summed E-state index contributed by atoms with van der Waals surface area (Å²) in [6, 6.07) is 8.16. The second-order valence-corrected chi connectivity index (χ2v) is 7.17. The summed E-state index contributed by atoms with van der Waals surface area (Å²) in [5.74, 6) is 0.708. The van der Waals surface area contributed by atoms with E-state index in [-0.39, 0.29) is 0 Å². The molecule has 0 saturated carbocycles. The molecule has 1 aliphatic heterocycles. The van der Waals surface area contributed by atoms with Gasteiger partial charge < -0.3 is 10.2 Å². The molecular weight excluding hydrogens is 314 g/mol. The minimum Gasteiger partial charge on any atom is -0.371 e. The van der Waals surface area contributed by atoms with Crippen LogP contribution in [-0.2, 0) is 13.0 Å². The maximum atomic E-state index is 5.95. The van der Waals surface area contributed by atoms with Gasteiger partial charge in [0.05, 0.1) is 10.7 Å². The van der Waals surface area contributed by atoms with Crippen LogP contribution in [0.1, 0.15) is 24.0 Å². The molecule has 1 saturated heterocycles. The van der Waals surface area contributed by atoms with Gasteiger partial charge in [-0.2, -0.15) is 0 Å². The molecule has 1 N–H and O–H groups in total. The third kappa shape index (κ3) is 4.00. The molecule has 0 radical (unpaired) electrons. The van der Waals surface area contributed by atoms with E-state index in [0.29, 0.717) is 5.92 Å². The molecular formula is C17H22ClN3S. The van der Waals surface area contributed by atoms with Gasteiger partial charge in [-0.25, -0.2) is 4.98 Å². The summed E-state index contributed by atoms with van der Waals surface area (Å²) in [6.45, 7) is 6.34. The molecule has 1 aliphatic rings. The van der Waals surface area contributed by atoms with Crippen molar-refractivity contribution in [1.82, 2.24) is 10.3 Å². The molecule has 0 amide bonds. The number of benzene rings is 1. The minimum absolute atomic E-state index is 0.708. The lowest BCUT2D eigenvalue weighted by Crippen LogP contribution is -2.26. The van der Waals surface area contributed by atoms with Gasteiger partial charge in [0.2, 0.25) is 0 Å². The fourth-order valence-corrected chi connectivity index (χ4v) is 3.75. The first-order valence-electron chi connectivity index (χ1n) is 7.89. The molecule has 1 atom stereocenters. The molecule has 0 spiro atoms. The number of nitrogens with zero attached hydrogens (tertiary/aromatic N) is 2. The quantitative estimate of drug-likeness (QED) is 0.865. The molecule has 1 aromatic carbocycles. The zero-order valence-electron chi connectivity index (χ0n) is 12.9. The molecule has 1 fully saturated rings. The Labute approximate surface area is 141 Å². The van der Waals surface area contributed by atoms with E-state index in [9.17, 15) is 0 Å². The highest BCUT2D eigenvalue weighted by Gasteiger charge is 2.22. The molecule has 2 heterocycles. The van der Waals surface area contributed by atoms with Crippen molar-refractivity contribution in [2.45, 2.75) is 26.3 Å². The number of hydrogen-bond donors (Lipinski definition) is 1. The van der Waals surface area contributed by atoms with Crippen LogP contribution in [0.3, 0.4) is 0 Å². The van der Waals surface area contributed by atoms with Gasteiger partial charge in [0.1, 0.15) is 0 Å². The Morgan fingerprint density at radius 2 is 2.18 bits per heavy atom. The van der Waals surface area contributed by atoms with E-state index in [0.717, 1.165) is 37.6 Å². The summed E-state index contributed by atoms with van der Waals surface area (Å²) < 4.78 is 0. The average molecular weight is 336 g/mol. The van der Waals surface area contributed by atoms with Crippen molar-refractivity contribution in [2.75, 3.05) is 24.5 Å². The van der Waals surface area contributed by atoms with Gasteiger partial charge in [0, 0.05) is 42.3 Å². The van der Waals surface area contributed by atoms with Crippen molar-refractivity contribution in [3.63, 3.8) is 0 Å². The van der Waals surface area contributed by atoms with Gasteiger partial charge in [-0.05, 0) is 43.0 Å². The monoisotopic (exact) mass is 335 g/mol. The Morgan fingerprint density at radius 1 is 1.36 bits per heavy atom. The second-order valence-electron chi connectivity index (χ2n) is 5.79. The van der Waals surface area contributed by atoms with Crippen LogP contribution in [0.5, 0.6) is 0 Å². The lowest BCUT2D eigenvalue weighted by molar-refractivity contribution is 0.514. The summed E-state index contributed by atoms with van der Waals surface area (Å²) in [7, 11) is 0. The fourth-order valence-electron chi connectivity index (χ4n) is 2.88. The Balaban J connectivity index is 1.44. The number of aromatic nitrogens is 1. The zero-order valence-corrected chi connectivity index (χ0v) is 14.5. The van der Waals surface area contributed by atoms with Crippen LogP contribution in [-0.4, -0.2) is 24.6 Å². The molecule has 22 heavy (non-hydrogen) atoms. The first kappa shape index (κ1) is 15.8. The highest BCUT2D eigenvalue weighted by atomic mass is 35.5. The third-order valence-electron chi connectivity index (χ3n) is 4.12. The summed E-state index contributed by atoms with van der Waals surface area (Å²) >= 11 is 7.71. The smallest absolute Gasteiger partial charge is 0.0926 e. The van der Waals surface area contributed by atoms with E-state index >= 15 is 0 Å². The molecule has 2 aromatic rings. The van der Waals surface area contributed by atoms with E-state index in [1.54, 1.807) is 11.3 Å².